The van der Waals surface area contributed by atoms with Gasteiger partial charge in [-0.2, -0.15) is 0 Å². The van der Waals surface area contributed by atoms with Gasteiger partial charge in [0.15, 0.2) is 0 Å². The predicted octanol–water partition coefficient (Wildman–Crippen LogP) is 0.410. The van der Waals surface area contributed by atoms with E-state index in [-0.39, 0.29) is 29.8 Å². The number of carbonyl (C=O) groups excluding carboxylic acids is 1. The number of fused-ring (bicyclic) bond motifs is 1. The Morgan fingerprint density at radius 1 is 1.38 bits per heavy atom. The topological polar surface area (TPSA) is 101 Å². The third-order valence-electron chi connectivity index (χ3n) is 3.24. The van der Waals surface area contributed by atoms with E-state index in [9.17, 15) is 13.2 Å². The van der Waals surface area contributed by atoms with Crippen LogP contribution in [0.3, 0.4) is 0 Å². The van der Waals surface area contributed by atoms with Crippen LogP contribution in [0.4, 0.5) is 0 Å². The number of sulfonamides is 1. The van der Waals surface area contributed by atoms with Crippen molar-refractivity contribution in [2.24, 2.45) is 5.73 Å². The first-order chi connectivity index (χ1) is 9.25. The summed E-state index contributed by atoms with van der Waals surface area (Å²) in [5.74, 6) is -0.235. The highest BCUT2D eigenvalue weighted by molar-refractivity contribution is 7.89. The van der Waals surface area contributed by atoms with Gasteiger partial charge in [-0.25, -0.2) is 13.1 Å². The Bertz CT molecular complexity index is 644. The van der Waals surface area contributed by atoms with Gasteiger partial charge in [0.2, 0.25) is 10.0 Å². The summed E-state index contributed by atoms with van der Waals surface area (Å²) in [5.41, 5.74) is 6.08. The van der Waals surface area contributed by atoms with Crippen LogP contribution in [0, 0.1) is 0 Å². The number of hydrogen-bond donors (Lipinski definition) is 3. The van der Waals surface area contributed by atoms with Crippen molar-refractivity contribution in [3.63, 3.8) is 0 Å². The summed E-state index contributed by atoms with van der Waals surface area (Å²) >= 11 is 0. The molecule has 4 N–H and O–H groups in total. The molecule has 1 amide bonds. The SMILES string of the molecule is CC(C)(CN)NS(=O)(=O)c1ccc2c(c1)C(=O)NCC2.Cl. The summed E-state index contributed by atoms with van der Waals surface area (Å²) in [6, 6.07) is 4.63. The molecule has 8 heteroatoms. The molecule has 0 bridgehead atoms. The maximum atomic E-state index is 12.3. The van der Waals surface area contributed by atoms with Crippen molar-refractivity contribution in [3.05, 3.63) is 29.3 Å². The molecule has 0 aromatic heterocycles. The minimum absolute atomic E-state index is 0. The molecule has 6 nitrogen and oxygen atoms in total. The number of nitrogens with one attached hydrogen (secondary N) is 2. The maximum Gasteiger partial charge on any atom is 0.251 e. The third kappa shape index (κ3) is 3.94. The predicted molar refractivity (Wildman–Crippen MR) is 83.2 cm³/mol. The first kappa shape index (κ1) is 17.9. The van der Waals surface area contributed by atoms with Crippen LogP contribution in [-0.2, 0) is 16.4 Å². The number of nitrogens with two attached hydrogens (primary N) is 1. The van der Waals surface area contributed by atoms with Crippen molar-refractivity contribution in [2.75, 3.05) is 13.1 Å². The molecule has 0 radical (unpaired) electrons. The molecule has 0 spiro atoms. The molecule has 1 aromatic carbocycles. The molecule has 21 heavy (non-hydrogen) atoms. The Morgan fingerprint density at radius 2 is 2.05 bits per heavy atom. The van der Waals surface area contributed by atoms with Gasteiger partial charge in [-0.3, -0.25) is 4.79 Å². The van der Waals surface area contributed by atoms with E-state index in [0.29, 0.717) is 18.5 Å². The Balaban J connectivity index is 0.00000220. The lowest BCUT2D eigenvalue weighted by atomic mass is 10.0. The van der Waals surface area contributed by atoms with Crippen LogP contribution in [0.5, 0.6) is 0 Å². The number of hydrogen-bond acceptors (Lipinski definition) is 4. The van der Waals surface area contributed by atoms with E-state index < -0.39 is 15.6 Å². The van der Waals surface area contributed by atoms with Gasteiger partial charge in [0.1, 0.15) is 0 Å². The minimum Gasteiger partial charge on any atom is -0.352 e. The molecule has 118 valence electrons. The van der Waals surface area contributed by atoms with E-state index in [1.165, 1.54) is 12.1 Å². The summed E-state index contributed by atoms with van der Waals surface area (Å²) in [5, 5.41) is 2.70. The first-order valence-electron chi connectivity index (χ1n) is 6.40. The molecule has 0 saturated carbocycles. The van der Waals surface area contributed by atoms with Crippen molar-refractivity contribution in [3.8, 4) is 0 Å². The van der Waals surface area contributed by atoms with Crippen molar-refractivity contribution < 1.29 is 13.2 Å². The van der Waals surface area contributed by atoms with Crippen molar-refractivity contribution in [1.29, 1.82) is 0 Å². The Hall–Kier alpha value is -1.15. The van der Waals surface area contributed by atoms with E-state index in [0.717, 1.165) is 5.56 Å². The van der Waals surface area contributed by atoms with Gasteiger partial charge in [0.05, 0.1) is 4.90 Å². The molecule has 1 aliphatic rings. The number of carbonyl (C=O) groups is 1. The third-order valence-corrected chi connectivity index (χ3v) is 4.93. The number of halogens is 1. The standard InChI is InChI=1S/C13H19N3O3S.ClH/c1-13(2,8-14)16-20(18,19)10-4-3-9-5-6-15-12(17)11(9)7-10;/h3-4,7,16H,5-6,8,14H2,1-2H3,(H,15,17);1H. The second kappa shape index (κ2) is 6.31. The summed E-state index contributed by atoms with van der Waals surface area (Å²) in [7, 11) is -3.70. The molecule has 1 heterocycles. The zero-order valence-corrected chi connectivity index (χ0v) is 13.6. The number of rotatable bonds is 4. The normalized spacial score (nSPS) is 14.9. The number of amides is 1. The van der Waals surface area contributed by atoms with E-state index >= 15 is 0 Å². The zero-order chi connectivity index (χ0) is 15.0. The van der Waals surface area contributed by atoms with Crippen LogP contribution >= 0.6 is 12.4 Å². The molecule has 0 aliphatic carbocycles. The maximum absolute atomic E-state index is 12.3. The van der Waals surface area contributed by atoms with Crippen LogP contribution in [0.2, 0.25) is 0 Å². The molecule has 0 unspecified atom stereocenters. The fourth-order valence-corrected chi connectivity index (χ4v) is 3.47. The lowest BCUT2D eigenvalue weighted by molar-refractivity contribution is 0.0946. The Labute approximate surface area is 130 Å². The van der Waals surface area contributed by atoms with Gasteiger partial charge in [0.25, 0.3) is 5.91 Å². The lowest BCUT2D eigenvalue weighted by Crippen LogP contribution is -2.48. The fraction of sp³-hybridized carbons (Fsp3) is 0.462. The molecule has 0 fully saturated rings. The average molecular weight is 334 g/mol. The molecule has 2 rings (SSSR count). The summed E-state index contributed by atoms with van der Waals surface area (Å²) in [4.78, 5) is 11.8. The summed E-state index contributed by atoms with van der Waals surface area (Å²) < 4.78 is 27.1. The monoisotopic (exact) mass is 333 g/mol. The zero-order valence-electron chi connectivity index (χ0n) is 12.0. The molecule has 0 atom stereocenters. The Morgan fingerprint density at radius 3 is 2.67 bits per heavy atom. The van der Waals surface area contributed by atoms with Crippen LogP contribution in [0.1, 0.15) is 29.8 Å². The van der Waals surface area contributed by atoms with Crippen molar-refractivity contribution >= 4 is 28.3 Å². The fourth-order valence-electron chi connectivity index (χ4n) is 2.02. The minimum atomic E-state index is -3.70. The van der Waals surface area contributed by atoms with Gasteiger partial charge in [-0.15, -0.1) is 12.4 Å². The highest BCUT2D eigenvalue weighted by Crippen LogP contribution is 2.20. The highest BCUT2D eigenvalue weighted by atomic mass is 35.5. The molecular formula is C13H20ClN3O3S. The highest BCUT2D eigenvalue weighted by Gasteiger charge is 2.26. The van der Waals surface area contributed by atoms with Crippen molar-refractivity contribution in [2.45, 2.75) is 30.7 Å². The van der Waals surface area contributed by atoms with Gasteiger partial charge in [-0.05, 0) is 38.0 Å². The van der Waals surface area contributed by atoms with Crippen LogP contribution in [0.25, 0.3) is 0 Å². The average Bonchev–Trinajstić information content (AvgIpc) is 2.38. The largest absolute Gasteiger partial charge is 0.352 e. The molecule has 0 saturated heterocycles. The van der Waals surface area contributed by atoms with Crippen LogP contribution in [0.15, 0.2) is 23.1 Å². The van der Waals surface area contributed by atoms with Crippen LogP contribution in [-0.4, -0.2) is 33.0 Å². The van der Waals surface area contributed by atoms with Crippen LogP contribution < -0.4 is 15.8 Å². The Kier molecular flexibility index (Phi) is 5.38. The van der Waals surface area contributed by atoms with E-state index in [2.05, 4.69) is 10.0 Å². The van der Waals surface area contributed by atoms with E-state index in [1.54, 1.807) is 19.9 Å². The second-order valence-electron chi connectivity index (χ2n) is 5.52. The van der Waals surface area contributed by atoms with Gasteiger partial charge in [0, 0.05) is 24.2 Å². The van der Waals surface area contributed by atoms with Gasteiger partial charge < -0.3 is 11.1 Å². The van der Waals surface area contributed by atoms with Gasteiger partial charge in [-0.1, -0.05) is 6.07 Å². The number of benzene rings is 1. The molecular weight excluding hydrogens is 314 g/mol. The van der Waals surface area contributed by atoms with E-state index in [4.69, 9.17) is 5.73 Å². The smallest absolute Gasteiger partial charge is 0.251 e. The molecule has 1 aromatic rings. The quantitative estimate of drug-likeness (QED) is 0.742. The van der Waals surface area contributed by atoms with Crippen molar-refractivity contribution in [1.82, 2.24) is 10.0 Å². The summed E-state index contributed by atoms with van der Waals surface area (Å²) in [6.45, 7) is 4.17. The van der Waals surface area contributed by atoms with E-state index in [1.807, 2.05) is 0 Å². The summed E-state index contributed by atoms with van der Waals surface area (Å²) in [6.07, 6.45) is 0.711. The van der Waals surface area contributed by atoms with Gasteiger partial charge >= 0.3 is 0 Å². The first-order valence-corrected chi connectivity index (χ1v) is 7.89. The second-order valence-corrected chi connectivity index (χ2v) is 7.20. The lowest BCUT2D eigenvalue weighted by Gasteiger charge is -2.24. The molecule has 1 aliphatic heterocycles.